The molecule has 12 heteroatoms. The van der Waals surface area contributed by atoms with Crippen molar-refractivity contribution in [3.05, 3.63) is 118 Å². The molecule has 2 fully saturated rings. The molecule has 3 aromatic carbocycles. The fourth-order valence-electron chi connectivity index (χ4n) is 7.53. The number of amides is 2. The SMILES string of the molecule is O=C(Nc1ccccc1-c1ccccc1)OC1CCN(CCC2CCN(C(=O)c3ccc(CNC[C@H](O)c4ccc(O)c5[nH]c(=O)ccc45)o3)CC2)CC1. The number of benzene rings is 3. The zero-order valence-electron chi connectivity index (χ0n) is 30.2. The number of hydrogen-bond acceptors (Lipinski definition) is 9. The van der Waals surface area contributed by atoms with Gasteiger partial charge in [0.1, 0.15) is 17.6 Å². The molecule has 0 aliphatic carbocycles. The van der Waals surface area contributed by atoms with Crippen LogP contribution in [0.2, 0.25) is 0 Å². The standard InChI is InChI=1S/C42H47N5O7/c48-36-13-11-33(34-12-15-39(50)45-40(34)36)37(49)27-43-26-31-10-14-38(53-31)41(51)47-24-17-28(18-25-47)16-21-46-22-19-30(20-23-46)54-42(52)44-35-9-5-4-8-32(35)29-6-2-1-3-7-29/h1-15,28,30,37,43,48-49H,16-27H2,(H,44,52)(H,45,50)/t37-/m0/s1. The van der Waals surface area contributed by atoms with Crippen LogP contribution >= 0.6 is 0 Å². The second-order valence-electron chi connectivity index (χ2n) is 14.2. The first kappa shape index (κ1) is 36.9. The number of piperidine rings is 2. The largest absolute Gasteiger partial charge is 0.506 e. The van der Waals surface area contributed by atoms with Gasteiger partial charge >= 0.3 is 6.09 Å². The molecule has 2 aliphatic rings. The summed E-state index contributed by atoms with van der Waals surface area (Å²) in [5.41, 5.74) is 3.24. The summed E-state index contributed by atoms with van der Waals surface area (Å²) in [7, 11) is 0. The van der Waals surface area contributed by atoms with Crippen molar-refractivity contribution in [1.82, 2.24) is 20.1 Å². The van der Waals surface area contributed by atoms with Crippen LogP contribution in [0.1, 0.15) is 60.1 Å². The molecule has 12 nitrogen and oxygen atoms in total. The average molecular weight is 734 g/mol. The molecule has 2 saturated heterocycles. The smallest absolute Gasteiger partial charge is 0.411 e. The van der Waals surface area contributed by atoms with Gasteiger partial charge in [-0.15, -0.1) is 0 Å². The van der Waals surface area contributed by atoms with Gasteiger partial charge in [0.2, 0.25) is 5.56 Å². The zero-order valence-corrected chi connectivity index (χ0v) is 30.2. The molecule has 0 saturated carbocycles. The Morgan fingerprint density at radius 3 is 2.44 bits per heavy atom. The number of aromatic amines is 1. The molecular formula is C42H47N5O7. The monoisotopic (exact) mass is 733 g/mol. The molecule has 1 atom stereocenters. The summed E-state index contributed by atoms with van der Waals surface area (Å²) in [6.45, 7) is 4.67. The van der Waals surface area contributed by atoms with Crippen molar-refractivity contribution >= 4 is 28.6 Å². The number of hydrogen-bond donors (Lipinski definition) is 5. The van der Waals surface area contributed by atoms with Gasteiger partial charge < -0.3 is 39.5 Å². The van der Waals surface area contributed by atoms with Crippen LogP contribution in [-0.2, 0) is 11.3 Å². The van der Waals surface area contributed by atoms with E-state index in [1.54, 1.807) is 24.3 Å². The minimum absolute atomic E-state index is 0.0619. The fraction of sp³-hybridized carbons (Fsp3) is 0.357. The summed E-state index contributed by atoms with van der Waals surface area (Å²) < 4.78 is 11.7. The first-order chi connectivity index (χ1) is 26.3. The summed E-state index contributed by atoms with van der Waals surface area (Å²) in [5, 5.41) is 27.6. The number of pyridine rings is 1. The Morgan fingerprint density at radius 2 is 1.65 bits per heavy atom. The molecule has 0 spiro atoms. The van der Waals surface area contributed by atoms with Crippen molar-refractivity contribution in [3.8, 4) is 16.9 Å². The lowest BCUT2D eigenvalue weighted by atomic mass is 9.93. The highest BCUT2D eigenvalue weighted by Crippen LogP contribution is 2.30. The van der Waals surface area contributed by atoms with Crippen LogP contribution < -0.4 is 16.2 Å². The highest BCUT2D eigenvalue weighted by Gasteiger charge is 2.27. The van der Waals surface area contributed by atoms with E-state index in [4.69, 9.17) is 9.15 Å². The van der Waals surface area contributed by atoms with Gasteiger partial charge in [0.15, 0.2) is 5.76 Å². The summed E-state index contributed by atoms with van der Waals surface area (Å²) in [6.07, 6.45) is 3.16. The third-order valence-electron chi connectivity index (χ3n) is 10.6. The van der Waals surface area contributed by atoms with Crippen molar-refractivity contribution in [2.75, 3.05) is 44.6 Å². The Bertz CT molecular complexity index is 2100. The Morgan fingerprint density at radius 1 is 0.889 bits per heavy atom. The van der Waals surface area contributed by atoms with Gasteiger partial charge in [0.25, 0.3) is 5.91 Å². The number of phenolic OH excluding ortho intramolecular Hbond substituents is 1. The minimum atomic E-state index is -0.898. The van der Waals surface area contributed by atoms with Crippen molar-refractivity contribution < 1.29 is 29.0 Å². The summed E-state index contributed by atoms with van der Waals surface area (Å²) in [4.78, 5) is 44.7. The van der Waals surface area contributed by atoms with Crippen LogP contribution in [-0.4, -0.2) is 82.4 Å². The van der Waals surface area contributed by atoms with Crippen molar-refractivity contribution in [3.63, 3.8) is 0 Å². The summed E-state index contributed by atoms with van der Waals surface area (Å²) >= 11 is 0. The lowest BCUT2D eigenvalue weighted by Gasteiger charge is -2.35. The average Bonchev–Trinajstić information content (AvgIpc) is 3.67. The minimum Gasteiger partial charge on any atom is -0.506 e. The number of nitrogens with zero attached hydrogens (tertiary/aromatic N) is 2. The van der Waals surface area contributed by atoms with E-state index in [0.717, 1.165) is 68.6 Å². The number of likely N-dealkylation sites (tertiary alicyclic amines) is 2. The van der Waals surface area contributed by atoms with Gasteiger partial charge in [-0.3, -0.25) is 14.9 Å². The number of fused-ring (bicyclic) bond motifs is 1. The Labute approximate surface area is 313 Å². The molecule has 54 heavy (non-hydrogen) atoms. The molecule has 4 heterocycles. The van der Waals surface area contributed by atoms with Crippen LogP contribution in [0, 0.1) is 5.92 Å². The first-order valence-electron chi connectivity index (χ1n) is 18.8. The van der Waals surface area contributed by atoms with Crippen LogP contribution in [0.5, 0.6) is 5.75 Å². The number of anilines is 1. The van der Waals surface area contributed by atoms with Crippen molar-refractivity contribution in [2.45, 2.75) is 50.9 Å². The van der Waals surface area contributed by atoms with Gasteiger partial charge in [0, 0.05) is 49.7 Å². The number of H-pyrrole nitrogens is 1. The number of phenols is 1. The first-order valence-corrected chi connectivity index (χ1v) is 18.8. The number of aromatic nitrogens is 1. The summed E-state index contributed by atoms with van der Waals surface area (Å²) in [5.74, 6) is 1.27. The number of nitrogens with one attached hydrogen (secondary N) is 3. The predicted octanol–water partition coefficient (Wildman–Crippen LogP) is 6.27. The van der Waals surface area contributed by atoms with E-state index < -0.39 is 12.2 Å². The van der Waals surface area contributed by atoms with Gasteiger partial charge in [-0.1, -0.05) is 54.6 Å². The van der Waals surface area contributed by atoms with E-state index in [1.807, 2.05) is 59.5 Å². The van der Waals surface area contributed by atoms with Crippen LogP contribution in [0.25, 0.3) is 22.0 Å². The third kappa shape index (κ3) is 9.02. The molecule has 282 valence electrons. The van der Waals surface area contributed by atoms with Gasteiger partial charge in [0.05, 0.1) is 23.9 Å². The van der Waals surface area contributed by atoms with E-state index in [0.29, 0.717) is 48.0 Å². The second kappa shape index (κ2) is 17.1. The lowest BCUT2D eigenvalue weighted by molar-refractivity contribution is 0.0542. The molecule has 5 N–H and O–H groups in total. The number of aliphatic hydroxyl groups is 1. The molecule has 7 rings (SSSR count). The van der Waals surface area contributed by atoms with Crippen LogP contribution in [0.4, 0.5) is 10.5 Å². The van der Waals surface area contributed by atoms with Gasteiger partial charge in [-0.25, -0.2) is 4.79 Å². The fourth-order valence-corrected chi connectivity index (χ4v) is 7.53. The number of furan rings is 1. The highest BCUT2D eigenvalue weighted by atomic mass is 16.6. The molecule has 5 aromatic rings. The number of carbonyl (C=O) groups is 2. The molecular weight excluding hydrogens is 686 g/mol. The Balaban J connectivity index is 0.792. The van der Waals surface area contributed by atoms with Gasteiger partial charge in [-0.2, -0.15) is 0 Å². The number of para-hydroxylation sites is 1. The Hall–Kier alpha value is -5.43. The van der Waals surface area contributed by atoms with Crippen LogP contribution in [0.3, 0.4) is 0 Å². The summed E-state index contributed by atoms with van der Waals surface area (Å²) in [6, 6.07) is 27.2. The molecule has 0 radical (unpaired) electrons. The van der Waals surface area contributed by atoms with E-state index in [9.17, 15) is 24.6 Å². The van der Waals surface area contributed by atoms with E-state index in [-0.39, 0.29) is 35.4 Å². The third-order valence-corrected chi connectivity index (χ3v) is 10.6. The number of rotatable bonds is 12. The highest BCUT2D eigenvalue weighted by molar-refractivity contribution is 5.92. The zero-order chi connectivity index (χ0) is 37.4. The Kier molecular flexibility index (Phi) is 11.7. The number of ether oxygens (including phenoxy) is 1. The molecule has 2 aliphatic heterocycles. The lowest BCUT2D eigenvalue weighted by Crippen LogP contribution is -2.41. The van der Waals surface area contributed by atoms with Crippen molar-refractivity contribution in [2.24, 2.45) is 5.92 Å². The molecule has 2 amide bonds. The number of aliphatic hydroxyl groups excluding tert-OH is 1. The maximum absolute atomic E-state index is 13.2. The molecule has 0 unspecified atom stereocenters. The maximum Gasteiger partial charge on any atom is 0.411 e. The maximum atomic E-state index is 13.2. The molecule has 2 aromatic heterocycles. The second-order valence-corrected chi connectivity index (χ2v) is 14.2. The predicted molar refractivity (Wildman–Crippen MR) is 206 cm³/mol. The van der Waals surface area contributed by atoms with E-state index in [2.05, 4.69) is 20.5 Å². The number of carbonyl (C=O) groups excluding carboxylic acids is 2. The van der Waals surface area contributed by atoms with E-state index in [1.165, 1.54) is 12.1 Å². The van der Waals surface area contributed by atoms with Crippen LogP contribution in [0.15, 0.2) is 100 Å². The van der Waals surface area contributed by atoms with Crippen molar-refractivity contribution in [1.29, 1.82) is 0 Å². The van der Waals surface area contributed by atoms with E-state index >= 15 is 0 Å². The normalized spacial score (nSPS) is 16.4. The molecule has 0 bridgehead atoms. The quantitative estimate of drug-likeness (QED) is 0.0996. The topological polar surface area (TPSA) is 160 Å². The number of aromatic hydroxyl groups is 1. The van der Waals surface area contributed by atoms with Gasteiger partial charge in [-0.05, 0) is 86.0 Å².